The zero-order valence-electron chi connectivity index (χ0n) is 11.6. The molecule has 0 radical (unpaired) electrons. The SMILES string of the molecule is O=C(COc1ccc(Cl)cc1Cl)ON1C(=O)C[C@@H](S(=O)(=O)O)C1=O. The van der Waals surface area contributed by atoms with Crippen molar-refractivity contribution >= 4 is 51.1 Å². The molecule has 9 nitrogen and oxygen atoms in total. The van der Waals surface area contributed by atoms with Crippen LogP contribution in [0.15, 0.2) is 18.2 Å². The lowest BCUT2D eigenvalue weighted by atomic mass is 10.3. The first kappa shape index (κ1) is 18.5. The third-order valence-electron chi connectivity index (χ3n) is 2.85. The van der Waals surface area contributed by atoms with Crippen LogP contribution in [0.3, 0.4) is 0 Å². The van der Waals surface area contributed by atoms with Crippen LogP contribution in [0.2, 0.25) is 10.0 Å². The number of carbonyl (C=O) groups is 3. The second kappa shape index (κ2) is 6.93. The molecule has 1 saturated heterocycles. The molecule has 130 valence electrons. The van der Waals surface area contributed by atoms with E-state index in [9.17, 15) is 22.8 Å². The molecular formula is C12H9Cl2NO8S. The molecule has 24 heavy (non-hydrogen) atoms. The molecule has 12 heteroatoms. The third kappa shape index (κ3) is 4.15. The minimum absolute atomic E-state index is 0.0202. The molecule has 0 saturated carbocycles. The number of hydrogen-bond acceptors (Lipinski definition) is 7. The van der Waals surface area contributed by atoms with Gasteiger partial charge >= 0.3 is 5.97 Å². The van der Waals surface area contributed by atoms with E-state index in [1.807, 2.05) is 0 Å². The van der Waals surface area contributed by atoms with Crippen molar-refractivity contribution in [2.24, 2.45) is 0 Å². The van der Waals surface area contributed by atoms with Gasteiger partial charge in [-0.25, -0.2) is 4.79 Å². The Balaban J connectivity index is 1.97. The van der Waals surface area contributed by atoms with Gasteiger partial charge in [-0.2, -0.15) is 8.42 Å². The molecule has 1 fully saturated rings. The molecule has 1 aromatic rings. The van der Waals surface area contributed by atoms with Crippen LogP contribution in [0.25, 0.3) is 0 Å². The molecule has 0 bridgehead atoms. The topological polar surface area (TPSA) is 127 Å². The highest BCUT2D eigenvalue weighted by Gasteiger charge is 2.48. The summed E-state index contributed by atoms with van der Waals surface area (Å²) in [5, 5.41) is -1.55. The predicted octanol–water partition coefficient (Wildman–Crippen LogP) is 0.846. The fourth-order valence-corrected chi connectivity index (χ4v) is 2.94. The van der Waals surface area contributed by atoms with Crippen molar-refractivity contribution < 1.29 is 36.9 Å². The number of benzene rings is 1. The van der Waals surface area contributed by atoms with Gasteiger partial charge in [-0.05, 0) is 18.2 Å². The van der Waals surface area contributed by atoms with Crippen molar-refractivity contribution in [1.82, 2.24) is 5.06 Å². The predicted molar refractivity (Wildman–Crippen MR) is 79.9 cm³/mol. The standard InChI is InChI=1S/C12H9Cl2NO8S/c13-6-1-2-8(7(14)3-6)22-5-11(17)23-15-10(16)4-9(12(15)18)24(19,20)21/h1-3,9H,4-5H2,(H,19,20,21)/t9-/m1/s1. The van der Waals surface area contributed by atoms with E-state index in [0.717, 1.165) is 0 Å². The minimum Gasteiger partial charge on any atom is -0.480 e. The molecule has 1 atom stereocenters. The van der Waals surface area contributed by atoms with Crippen LogP contribution in [0.1, 0.15) is 6.42 Å². The Morgan fingerprint density at radius 3 is 2.54 bits per heavy atom. The summed E-state index contributed by atoms with van der Waals surface area (Å²) in [6.45, 7) is -0.713. The number of rotatable bonds is 5. The second-order valence-corrected chi connectivity index (χ2v) is 7.00. The summed E-state index contributed by atoms with van der Waals surface area (Å²) in [4.78, 5) is 39.3. The first-order valence-electron chi connectivity index (χ1n) is 6.21. The lowest BCUT2D eigenvalue weighted by molar-refractivity contribution is -0.198. The van der Waals surface area contributed by atoms with Crippen LogP contribution in [-0.4, -0.2) is 47.7 Å². The number of nitrogens with zero attached hydrogens (tertiary/aromatic N) is 1. The van der Waals surface area contributed by atoms with E-state index in [-0.39, 0.29) is 15.8 Å². The van der Waals surface area contributed by atoms with Crippen LogP contribution in [0, 0.1) is 0 Å². The molecular weight excluding hydrogens is 389 g/mol. The molecule has 0 aliphatic carbocycles. The molecule has 1 aromatic carbocycles. The zero-order valence-corrected chi connectivity index (χ0v) is 14.0. The van der Waals surface area contributed by atoms with Gasteiger partial charge in [-0.3, -0.25) is 14.1 Å². The molecule has 0 unspecified atom stereocenters. The highest BCUT2D eigenvalue weighted by atomic mass is 35.5. The molecule has 0 aromatic heterocycles. The lowest BCUT2D eigenvalue weighted by Gasteiger charge is -2.14. The normalized spacial score (nSPS) is 18.0. The second-order valence-electron chi connectivity index (χ2n) is 4.56. The van der Waals surface area contributed by atoms with Crippen molar-refractivity contribution in [2.75, 3.05) is 6.61 Å². The van der Waals surface area contributed by atoms with E-state index >= 15 is 0 Å². The van der Waals surface area contributed by atoms with Crippen molar-refractivity contribution in [2.45, 2.75) is 11.7 Å². The van der Waals surface area contributed by atoms with E-state index in [0.29, 0.717) is 5.02 Å². The number of hydrogen-bond donors (Lipinski definition) is 1. The quantitative estimate of drug-likeness (QED) is 0.571. The third-order valence-corrected chi connectivity index (χ3v) is 4.47. The molecule has 1 aliphatic heterocycles. The van der Waals surface area contributed by atoms with E-state index < -0.39 is 46.2 Å². The van der Waals surface area contributed by atoms with Crippen LogP contribution < -0.4 is 4.74 Å². The van der Waals surface area contributed by atoms with Gasteiger partial charge in [0, 0.05) is 5.02 Å². The zero-order chi connectivity index (χ0) is 18.1. The van der Waals surface area contributed by atoms with E-state index in [1.165, 1.54) is 18.2 Å². The molecule has 1 heterocycles. The Labute approximate surface area is 145 Å². The minimum atomic E-state index is -4.78. The highest BCUT2D eigenvalue weighted by Crippen LogP contribution is 2.27. The maximum Gasteiger partial charge on any atom is 0.370 e. The fraction of sp³-hybridized carbons (Fsp3) is 0.250. The average molecular weight is 398 g/mol. The summed E-state index contributed by atoms with van der Waals surface area (Å²) in [5.74, 6) is -3.49. The van der Waals surface area contributed by atoms with Crippen LogP contribution >= 0.6 is 23.2 Å². The number of ether oxygens (including phenoxy) is 1. The molecule has 2 rings (SSSR count). The molecule has 1 aliphatic rings. The van der Waals surface area contributed by atoms with Gasteiger partial charge in [0.15, 0.2) is 11.9 Å². The monoisotopic (exact) mass is 397 g/mol. The van der Waals surface area contributed by atoms with Crippen LogP contribution in [-0.2, 0) is 29.3 Å². The van der Waals surface area contributed by atoms with Gasteiger partial charge in [0.05, 0.1) is 11.4 Å². The number of amides is 2. The number of halogens is 2. The van der Waals surface area contributed by atoms with E-state index in [4.69, 9.17) is 32.5 Å². The van der Waals surface area contributed by atoms with Crippen molar-refractivity contribution in [1.29, 1.82) is 0 Å². The van der Waals surface area contributed by atoms with Gasteiger partial charge in [-0.15, -0.1) is 5.06 Å². The average Bonchev–Trinajstić information content (AvgIpc) is 2.74. The summed E-state index contributed by atoms with van der Waals surface area (Å²) in [5.41, 5.74) is 0. The van der Waals surface area contributed by atoms with Gasteiger partial charge in [-0.1, -0.05) is 23.2 Å². The fourth-order valence-electron chi connectivity index (χ4n) is 1.77. The summed E-state index contributed by atoms with van der Waals surface area (Å²) < 4.78 is 35.8. The summed E-state index contributed by atoms with van der Waals surface area (Å²) in [6.07, 6.45) is -0.825. The Hall–Kier alpha value is -1.88. The Bertz CT molecular complexity index is 809. The Morgan fingerprint density at radius 2 is 2.00 bits per heavy atom. The largest absolute Gasteiger partial charge is 0.480 e. The van der Waals surface area contributed by atoms with E-state index in [2.05, 4.69) is 4.84 Å². The van der Waals surface area contributed by atoms with Crippen molar-refractivity contribution in [3.63, 3.8) is 0 Å². The summed E-state index contributed by atoms with van der Waals surface area (Å²) in [6, 6.07) is 4.21. The van der Waals surface area contributed by atoms with Crippen molar-refractivity contribution in [3.8, 4) is 5.75 Å². The van der Waals surface area contributed by atoms with Gasteiger partial charge in [0.2, 0.25) is 0 Å². The Kier molecular flexibility index (Phi) is 5.33. The van der Waals surface area contributed by atoms with Gasteiger partial charge in [0.1, 0.15) is 5.75 Å². The highest BCUT2D eigenvalue weighted by molar-refractivity contribution is 7.87. The number of imide groups is 1. The van der Waals surface area contributed by atoms with Crippen molar-refractivity contribution in [3.05, 3.63) is 28.2 Å². The molecule has 0 spiro atoms. The molecule has 1 N–H and O–H groups in total. The maximum absolute atomic E-state index is 11.7. The smallest absolute Gasteiger partial charge is 0.370 e. The summed E-state index contributed by atoms with van der Waals surface area (Å²) in [7, 11) is -4.78. The van der Waals surface area contributed by atoms with Gasteiger partial charge in [0.25, 0.3) is 21.9 Å². The van der Waals surface area contributed by atoms with Gasteiger partial charge < -0.3 is 9.57 Å². The lowest BCUT2D eigenvalue weighted by Crippen LogP contribution is -2.37. The summed E-state index contributed by atoms with van der Waals surface area (Å²) >= 11 is 11.5. The maximum atomic E-state index is 11.7. The van der Waals surface area contributed by atoms with Crippen LogP contribution in [0.5, 0.6) is 5.75 Å². The Morgan fingerprint density at radius 1 is 1.33 bits per heavy atom. The number of hydroxylamine groups is 2. The first-order valence-corrected chi connectivity index (χ1v) is 8.47. The number of carbonyl (C=O) groups excluding carboxylic acids is 3. The molecule has 2 amide bonds. The first-order chi connectivity index (χ1) is 11.1. The van der Waals surface area contributed by atoms with Crippen LogP contribution in [0.4, 0.5) is 0 Å². The van der Waals surface area contributed by atoms with E-state index in [1.54, 1.807) is 0 Å².